The molecule has 0 aromatic heterocycles. The van der Waals surface area contributed by atoms with E-state index in [4.69, 9.17) is 9.47 Å². The molecule has 4 N–H and O–H groups in total. The first-order valence-corrected chi connectivity index (χ1v) is 7.77. The molecule has 0 fully saturated rings. The number of quaternary nitrogens is 1. The predicted octanol–water partition coefficient (Wildman–Crippen LogP) is -0.558. The molecule has 0 saturated carbocycles. The summed E-state index contributed by atoms with van der Waals surface area (Å²) >= 11 is 0. The fourth-order valence-electron chi connectivity index (χ4n) is 3.24. The van der Waals surface area contributed by atoms with Gasteiger partial charge in [-0.05, 0) is 35.9 Å². The van der Waals surface area contributed by atoms with Gasteiger partial charge in [-0.1, -0.05) is 0 Å². The van der Waals surface area contributed by atoms with Crippen LogP contribution in [0, 0.1) is 0 Å². The fourth-order valence-corrected chi connectivity index (χ4v) is 3.24. The minimum absolute atomic E-state index is 0.204. The summed E-state index contributed by atoms with van der Waals surface area (Å²) in [5, 5.41) is 32.7. The predicted molar refractivity (Wildman–Crippen MR) is 85.6 cm³/mol. The molecular weight excluding hydrogens is 326 g/mol. The highest BCUT2D eigenvalue weighted by Gasteiger charge is 2.33. The number of rotatable bonds is 4. The van der Waals surface area contributed by atoms with Gasteiger partial charge in [0.15, 0.2) is 23.0 Å². The summed E-state index contributed by atoms with van der Waals surface area (Å²) in [7, 11) is 3.06. The zero-order valence-electron chi connectivity index (χ0n) is 13.9. The fraction of sp³-hybridized carbons (Fsp3) is 0.278. The van der Waals surface area contributed by atoms with Gasteiger partial charge in [-0.2, -0.15) is 0 Å². The summed E-state index contributed by atoms with van der Waals surface area (Å²) in [6.45, 7) is 0. The number of carbonyl (C=O) groups is 1. The number of ether oxygens (including phenoxy) is 2. The smallest absolute Gasteiger partial charge is 0.161 e. The topological polar surface area (TPSA) is 116 Å². The van der Waals surface area contributed by atoms with Gasteiger partial charge in [0.2, 0.25) is 0 Å². The number of phenols is 2. The Kier molecular flexibility index (Phi) is 4.41. The lowest BCUT2D eigenvalue weighted by molar-refractivity contribution is -0.716. The minimum Gasteiger partial charge on any atom is -0.544 e. The standard InChI is InChI=1S/C18H19NO6/c1-24-15-4-3-9(7-16(15)25-2)17-11-8-14(21)13(20)6-10(11)5-12(19-17)18(22)23/h3-4,6-8,12,17,19-21H,5H2,1-2H3,(H,22,23)/t12-,17-/m1/s1. The van der Waals surface area contributed by atoms with Gasteiger partial charge < -0.3 is 34.9 Å². The Labute approximate surface area is 144 Å². The maximum atomic E-state index is 11.4. The summed E-state index contributed by atoms with van der Waals surface area (Å²) in [5.74, 6) is -0.613. The van der Waals surface area contributed by atoms with Crippen molar-refractivity contribution in [3.05, 3.63) is 47.0 Å². The Morgan fingerprint density at radius 3 is 2.44 bits per heavy atom. The molecule has 1 heterocycles. The SMILES string of the molecule is COc1ccc([C@H]2[NH2+][C@@H](C(=O)[O-])Cc3cc(O)c(O)cc32)cc1OC. The molecule has 0 unspecified atom stereocenters. The van der Waals surface area contributed by atoms with Crippen molar-refractivity contribution < 1.29 is 34.9 Å². The number of aromatic hydroxyl groups is 2. The van der Waals surface area contributed by atoms with Crippen LogP contribution in [-0.4, -0.2) is 36.4 Å². The zero-order chi connectivity index (χ0) is 18.1. The molecule has 7 nitrogen and oxygen atoms in total. The lowest BCUT2D eigenvalue weighted by Gasteiger charge is -2.31. The largest absolute Gasteiger partial charge is 0.544 e. The van der Waals surface area contributed by atoms with E-state index >= 15 is 0 Å². The average molecular weight is 345 g/mol. The summed E-state index contributed by atoms with van der Waals surface area (Å²) in [4.78, 5) is 11.4. The number of carboxylic acids is 1. The second-order valence-electron chi connectivity index (χ2n) is 5.95. The van der Waals surface area contributed by atoms with Crippen molar-refractivity contribution in [2.75, 3.05) is 14.2 Å². The lowest BCUT2D eigenvalue weighted by Crippen LogP contribution is -2.95. The molecule has 132 valence electrons. The summed E-state index contributed by atoms with van der Waals surface area (Å²) in [6, 6.07) is 7.01. The van der Waals surface area contributed by atoms with Crippen molar-refractivity contribution >= 4 is 5.97 Å². The molecule has 0 spiro atoms. The number of methoxy groups -OCH3 is 2. The number of aliphatic carboxylic acids is 1. The molecule has 7 heteroatoms. The van der Waals surface area contributed by atoms with E-state index in [0.717, 1.165) is 11.1 Å². The number of hydrogen-bond donors (Lipinski definition) is 3. The zero-order valence-corrected chi connectivity index (χ0v) is 13.9. The van der Waals surface area contributed by atoms with Crippen molar-refractivity contribution in [3.8, 4) is 23.0 Å². The highest BCUT2D eigenvalue weighted by atomic mass is 16.5. The maximum Gasteiger partial charge on any atom is 0.161 e. The Bertz CT molecular complexity index is 819. The van der Waals surface area contributed by atoms with E-state index in [9.17, 15) is 20.1 Å². The van der Waals surface area contributed by atoms with E-state index in [1.807, 2.05) is 6.07 Å². The van der Waals surface area contributed by atoms with Crippen LogP contribution in [0.3, 0.4) is 0 Å². The molecule has 2 aromatic rings. The Morgan fingerprint density at radius 1 is 1.12 bits per heavy atom. The third-order valence-corrected chi connectivity index (χ3v) is 4.51. The van der Waals surface area contributed by atoms with Crippen LogP contribution >= 0.6 is 0 Å². The molecule has 0 bridgehead atoms. The Hall–Kier alpha value is -2.93. The van der Waals surface area contributed by atoms with Crippen molar-refractivity contribution in [1.82, 2.24) is 0 Å². The van der Waals surface area contributed by atoms with E-state index < -0.39 is 18.1 Å². The molecule has 0 saturated heterocycles. The van der Waals surface area contributed by atoms with Crippen LogP contribution < -0.4 is 19.9 Å². The van der Waals surface area contributed by atoms with E-state index in [1.54, 1.807) is 17.4 Å². The third kappa shape index (κ3) is 3.06. The van der Waals surface area contributed by atoms with Gasteiger partial charge in [-0.25, -0.2) is 0 Å². The maximum absolute atomic E-state index is 11.4. The first kappa shape index (κ1) is 16.9. The minimum atomic E-state index is -1.18. The number of fused-ring (bicyclic) bond motifs is 1. The van der Waals surface area contributed by atoms with Crippen LogP contribution in [-0.2, 0) is 11.2 Å². The van der Waals surface area contributed by atoms with Crippen LogP contribution in [0.2, 0.25) is 0 Å². The molecule has 2 aromatic carbocycles. The molecule has 0 radical (unpaired) electrons. The second kappa shape index (κ2) is 6.52. The van der Waals surface area contributed by atoms with Gasteiger partial charge in [-0.3, -0.25) is 0 Å². The second-order valence-corrected chi connectivity index (χ2v) is 5.95. The van der Waals surface area contributed by atoms with Gasteiger partial charge in [0.05, 0.1) is 20.2 Å². The normalized spacial score (nSPS) is 19.1. The van der Waals surface area contributed by atoms with Gasteiger partial charge >= 0.3 is 0 Å². The van der Waals surface area contributed by atoms with E-state index in [0.29, 0.717) is 17.1 Å². The number of carbonyl (C=O) groups excluding carboxylic acids is 1. The van der Waals surface area contributed by atoms with Gasteiger partial charge in [0, 0.05) is 17.5 Å². The number of phenolic OH excluding ortho intramolecular Hbond substituents is 2. The van der Waals surface area contributed by atoms with Crippen LogP contribution in [0.4, 0.5) is 0 Å². The van der Waals surface area contributed by atoms with Crippen molar-refractivity contribution in [2.24, 2.45) is 0 Å². The van der Waals surface area contributed by atoms with Crippen LogP contribution in [0.25, 0.3) is 0 Å². The molecule has 0 aliphatic carbocycles. The number of carboxylic acid groups (broad SMARTS) is 1. The molecule has 0 amide bonds. The first-order valence-electron chi connectivity index (χ1n) is 7.77. The third-order valence-electron chi connectivity index (χ3n) is 4.51. The molecule has 25 heavy (non-hydrogen) atoms. The Morgan fingerprint density at radius 2 is 1.80 bits per heavy atom. The molecule has 2 atom stereocenters. The number of nitrogens with two attached hydrogens (primary N) is 1. The number of benzene rings is 2. The van der Waals surface area contributed by atoms with E-state index in [1.165, 1.54) is 26.4 Å². The monoisotopic (exact) mass is 345 g/mol. The Balaban J connectivity index is 2.11. The van der Waals surface area contributed by atoms with Crippen molar-refractivity contribution in [3.63, 3.8) is 0 Å². The highest BCUT2D eigenvalue weighted by molar-refractivity contribution is 5.70. The average Bonchev–Trinajstić information content (AvgIpc) is 2.61. The van der Waals surface area contributed by atoms with Crippen LogP contribution in [0.5, 0.6) is 23.0 Å². The van der Waals surface area contributed by atoms with E-state index in [-0.39, 0.29) is 17.9 Å². The van der Waals surface area contributed by atoms with Gasteiger partial charge in [-0.15, -0.1) is 0 Å². The molecule has 3 rings (SSSR count). The van der Waals surface area contributed by atoms with Crippen molar-refractivity contribution in [2.45, 2.75) is 18.5 Å². The van der Waals surface area contributed by atoms with Crippen molar-refractivity contribution in [1.29, 1.82) is 0 Å². The number of hydrogen-bond acceptors (Lipinski definition) is 6. The van der Waals surface area contributed by atoms with Crippen LogP contribution in [0.1, 0.15) is 22.7 Å². The lowest BCUT2D eigenvalue weighted by atomic mass is 9.86. The van der Waals surface area contributed by atoms with Crippen LogP contribution in [0.15, 0.2) is 30.3 Å². The summed E-state index contributed by atoms with van der Waals surface area (Å²) in [5.41, 5.74) is 2.18. The first-order chi connectivity index (χ1) is 11.9. The van der Waals surface area contributed by atoms with Gasteiger partial charge in [0.1, 0.15) is 12.1 Å². The van der Waals surface area contributed by atoms with E-state index in [2.05, 4.69) is 0 Å². The molecular formula is C18H19NO6. The summed E-state index contributed by atoms with van der Waals surface area (Å²) in [6.07, 6.45) is 0.204. The molecule has 1 aliphatic heterocycles. The van der Waals surface area contributed by atoms with Gasteiger partial charge in [0.25, 0.3) is 0 Å². The highest BCUT2D eigenvalue weighted by Crippen LogP contribution is 2.37. The molecule has 1 aliphatic rings. The quantitative estimate of drug-likeness (QED) is 0.640. The summed E-state index contributed by atoms with van der Waals surface area (Å²) < 4.78 is 10.5.